The maximum Gasteiger partial charge on any atom is 0.239 e. The van der Waals surface area contributed by atoms with Gasteiger partial charge in [-0.2, -0.15) is 0 Å². The highest BCUT2D eigenvalue weighted by molar-refractivity contribution is 5.77. The molecular formula is C11H16N2O. The van der Waals surface area contributed by atoms with Crippen LogP contribution in [0.1, 0.15) is 45.3 Å². The Bertz CT molecular complexity index is 395. The Labute approximate surface area is 83.7 Å². The van der Waals surface area contributed by atoms with Crippen LogP contribution in [-0.4, -0.2) is 9.72 Å². The number of hydrogen-bond acceptors (Lipinski definition) is 2. The van der Waals surface area contributed by atoms with Gasteiger partial charge in [-0.15, -0.1) is 0 Å². The molecule has 0 aliphatic carbocycles. The van der Waals surface area contributed by atoms with Gasteiger partial charge in [-0.1, -0.05) is 19.0 Å². The number of fused-ring (bicyclic) bond motifs is 1. The summed E-state index contributed by atoms with van der Waals surface area (Å²) in [5, 5.41) is 5.25. The maximum absolute atomic E-state index is 5.36. The van der Waals surface area contributed by atoms with Gasteiger partial charge < -0.3 is 9.09 Å². The lowest BCUT2D eigenvalue weighted by Crippen LogP contribution is -1.96. The Morgan fingerprint density at radius 3 is 2.57 bits per heavy atom. The molecule has 2 aromatic heterocycles. The molecule has 0 saturated heterocycles. The van der Waals surface area contributed by atoms with Gasteiger partial charge in [0.25, 0.3) is 0 Å². The minimum absolute atomic E-state index is 0.416. The number of rotatable bonds is 2. The van der Waals surface area contributed by atoms with Gasteiger partial charge in [0, 0.05) is 12.2 Å². The fraction of sp³-hybridized carbons (Fsp3) is 0.545. The van der Waals surface area contributed by atoms with E-state index in [1.54, 1.807) is 0 Å². The van der Waals surface area contributed by atoms with E-state index in [1.807, 2.05) is 0 Å². The second kappa shape index (κ2) is 3.15. The summed E-state index contributed by atoms with van der Waals surface area (Å²) in [4.78, 5) is 0. The number of hydrogen-bond donors (Lipinski definition) is 0. The molecular weight excluding hydrogens is 176 g/mol. The predicted molar refractivity (Wildman–Crippen MR) is 56.5 cm³/mol. The van der Waals surface area contributed by atoms with E-state index in [0.717, 1.165) is 16.8 Å². The van der Waals surface area contributed by atoms with E-state index < -0.39 is 0 Å². The summed E-state index contributed by atoms with van der Waals surface area (Å²) in [7, 11) is 0. The van der Waals surface area contributed by atoms with Gasteiger partial charge in [0.15, 0.2) is 0 Å². The molecule has 14 heavy (non-hydrogen) atoms. The van der Waals surface area contributed by atoms with Gasteiger partial charge in [-0.3, -0.25) is 0 Å². The van der Waals surface area contributed by atoms with E-state index in [4.69, 9.17) is 4.52 Å². The van der Waals surface area contributed by atoms with Crippen LogP contribution >= 0.6 is 0 Å². The lowest BCUT2D eigenvalue weighted by atomic mass is 10.1. The second-order valence-corrected chi connectivity index (χ2v) is 4.26. The highest BCUT2D eigenvalue weighted by Gasteiger charge is 2.15. The summed E-state index contributed by atoms with van der Waals surface area (Å²) >= 11 is 0. The first kappa shape index (κ1) is 9.31. The van der Waals surface area contributed by atoms with E-state index in [1.165, 1.54) is 0 Å². The van der Waals surface area contributed by atoms with Gasteiger partial charge in [0.2, 0.25) is 5.71 Å². The largest absolute Gasteiger partial charge is 0.337 e. The van der Waals surface area contributed by atoms with Crippen LogP contribution in [0.3, 0.4) is 0 Å². The minimum Gasteiger partial charge on any atom is -0.337 e. The standard InChI is InChI=1S/C11H16N2O/c1-7(2)10-9-5-6-13(8(3)4)11(9)14-12-10/h5-8H,1-4H3. The molecule has 2 rings (SSSR count). The molecule has 0 aliphatic rings. The van der Waals surface area contributed by atoms with Crippen molar-refractivity contribution in [1.29, 1.82) is 0 Å². The van der Waals surface area contributed by atoms with E-state index in [9.17, 15) is 0 Å². The summed E-state index contributed by atoms with van der Waals surface area (Å²) in [5.74, 6) is 0.416. The van der Waals surface area contributed by atoms with Crippen LogP contribution in [0.2, 0.25) is 0 Å². The predicted octanol–water partition coefficient (Wildman–Crippen LogP) is 3.33. The van der Waals surface area contributed by atoms with Crippen LogP contribution in [-0.2, 0) is 0 Å². The zero-order valence-electron chi connectivity index (χ0n) is 9.11. The molecule has 0 aromatic carbocycles. The molecule has 0 saturated carbocycles. The third kappa shape index (κ3) is 1.24. The SMILES string of the molecule is CC(C)c1noc2c1ccn2C(C)C. The van der Waals surface area contributed by atoms with Crippen LogP contribution < -0.4 is 0 Å². The molecule has 0 bridgehead atoms. The van der Waals surface area contributed by atoms with Gasteiger partial charge in [-0.25, -0.2) is 0 Å². The maximum atomic E-state index is 5.36. The lowest BCUT2D eigenvalue weighted by Gasteiger charge is -2.04. The van der Waals surface area contributed by atoms with Crippen molar-refractivity contribution in [1.82, 2.24) is 9.72 Å². The zero-order chi connectivity index (χ0) is 10.3. The topological polar surface area (TPSA) is 31.0 Å². The van der Waals surface area contributed by atoms with Crippen molar-refractivity contribution in [2.75, 3.05) is 0 Å². The molecule has 0 unspecified atom stereocenters. The van der Waals surface area contributed by atoms with Gasteiger partial charge in [-0.05, 0) is 25.8 Å². The van der Waals surface area contributed by atoms with Crippen molar-refractivity contribution in [3.8, 4) is 0 Å². The van der Waals surface area contributed by atoms with E-state index in [-0.39, 0.29) is 0 Å². The average Bonchev–Trinajstić information content (AvgIpc) is 2.59. The van der Waals surface area contributed by atoms with Crippen LogP contribution in [0, 0.1) is 0 Å². The van der Waals surface area contributed by atoms with Gasteiger partial charge >= 0.3 is 0 Å². The molecule has 0 N–H and O–H groups in total. The first-order valence-corrected chi connectivity index (χ1v) is 5.07. The smallest absolute Gasteiger partial charge is 0.239 e. The van der Waals surface area contributed by atoms with Crippen molar-refractivity contribution in [2.45, 2.75) is 39.7 Å². The van der Waals surface area contributed by atoms with Crippen molar-refractivity contribution in [3.63, 3.8) is 0 Å². The molecule has 2 aromatic rings. The van der Waals surface area contributed by atoms with E-state index in [0.29, 0.717) is 12.0 Å². The Balaban J connectivity index is 2.61. The Kier molecular flexibility index (Phi) is 2.10. The summed E-state index contributed by atoms with van der Waals surface area (Å²) in [6, 6.07) is 2.50. The molecule has 0 atom stereocenters. The van der Waals surface area contributed by atoms with Crippen molar-refractivity contribution < 1.29 is 4.52 Å². The quantitative estimate of drug-likeness (QED) is 0.730. The first-order chi connectivity index (χ1) is 6.61. The normalized spacial score (nSPS) is 12.1. The van der Waals surface area contributed by atoms with Crippen molar-refractivity contribution in [3.05, 3.63) is 18.0 Å². The van der Waals surface area contributed by atoms with Crippen LogP contribution in [0.25, 0.3) is 11.1 Å². The summed E-state index contributed by atoms with van der Waals surface area (Å²) in [6.45, 7) is 8.53. The van der Waals surface area contributed by atoms with Crippen molar-refractivity contribution in [2.24, 2.45) is 0 Å². The third-order valence-corrected chi connectivity index (χ3v) is 2.48. The minimum atomic E-state index is 0.416. The molecule has 76 valence electrons. The molecule has 0 aliphatic heterocycles. The molecule has 0 fully saturated rings. The Morgan fingerprint density at radius 2 is 2.00 bits per heavy atom. The van der Waals surface area contributed by atoms with Crippen LogP contribution in [0.5, 0.6) is 0 Å². The highest BCUT2D eigenvalue weighted by Crippen LogP contribution is 2.27. The fourth-order valence-electron chi connectivity index (χ4n) is 1.69. The average molecular weight is 192 g/mol. The number of nitrogens with zero attached hydrogens (tertiary/aromatic N) is 2. The van der Waals surface area contributed by atoms with Gasteiger partial charge in [0.1, 0.15) is 0 Å². The number of aromatic nitrogens is 2. The summed E-state index contributed by atoms with van der Waals surface area (Å²) in [5.41, 5.74) is 1.95. The molecule has 3 nitrogen and oxygen atoms in total. The first-order valence-electron chi connectivity index (χ1n) is 5.07. The molecule has 0 radical (unpaired) electrons. The van der Waals surface area contributed by atoms with E-state index >= 15 is 0 Å². The lowest BCUT2D eigenvalue weighted by molar-refractivity contribution is 0.413. The highest BCUT2D eigenvalue weighted by atomic mass is 16.5. The molecule has 0 spiro atoms. The van der Waals surface area contributed by atoms with E-state index in [2.05, 4.69) is 49.7 Å². The van der Waals surface area contributed by atoms with Crippen LogP contribution in [0.4, 0.5) is 0 Å². The Hall–Kier alpha value is -1.25. The third-order valence-electron chi connectivity index (χ3n) is 2.48. The summed E-state index contributed by atoms with van der Waals surface area (Å²) in [6.07, 6.45) is 2.06. The van der Waals surface area contributed by atoms with Crippen LogP contribution in [0.15, 0.2) is 16.8 Å². The van der Waals surface area contributed by atoms with Gasteiger partial charge in [0.05, 0.1) is 11.1 Å². The second-order valence-electron chi connectivity index (χ2n) is 4.26. The molecule has 2 heterocycles. The van der Waals surface area contributed by atoms with Crippen molar-refractivity contribution >= 4 is 11.1 Å². The zero-order valence-corrected chi connectivity index (χ0v) is 9.11. The fourth-order valence-corrected chi connectivity index (χ4v) is 1.69. The molecule has 0 amide bonds. The Morgan fingerprint density at radius 1 is 1.29 bits per heavy atom. The molecule has 3 heteroatoms. The monoisotopic (exact) mass is 192 g/mol. The summed E-state index contributed by atoms with van der Waals surface area (Å²) < 4.78 is 7.46.